The Morgan fingerprint density at radius 1 is 1.42 bits per heavy atom. The van der Waals surface area contributed by atoms with Crippen molar-refractivity contribution < 1.29 is 14.3 Å². The molecular formula is C13H13BrN2O3. The van der Waals surface area contributed by atoms with Crippen molar-refractivity contribution in [1.29, 1.82) is 0 Å². The first kappa shape index (κ1) is 13.7. The molecular weight excluding hydrogens is 312 g/mol. The average molecular weight is 325 g/mol. The lowest BCUT2D eigenvalue weighted by Gasteiger charge is -2.07. The predicted octanol–water partition coefficient (Wildman–Crippen LogP) is 2.21. The zero-order valence-corrected chi connectivity index (χ0v) is 12.2. The molecule has 0 fully saturated rings. The molecule has 1 aromatic carbocycles. The van der Waals surface area contributed by atoms with Crippen molar-refractivity contribution in [3.05, 3.63) is 29.5 Å². The third-order valence-electron chi connectivity index (χ3n) is 2.88. The second kappa shape index (κ2) is 5.52. The summed E-state index contributed by atoms with van der Waals surface area (Å²) in [4.78, 5) is 23.6. The number of fused-ring (bicyclic) bond motifs is 1. The van der Waals surface area contributed by atoms with Crippen LogP contribution < -0.4 is 0 Å². The molecule has 0 aliphatic carbocycles. The molecule has 1 aromatic heterocycles. The minimum Gasteiger partial charge on any atom is -0.460 e. The van der Waals surface area contributed by atoms with Gasteiger partial charge in [-0.2, -0.15) is 5.10 Å². The zero-order valence-electron chi connectivity index (χ0n) is 10.6. The van der Waals surface area contributed by atoms with Crippen molar-refractivity contribution in [2.24, 2.45) is 7.05 Å². The van der Waals surface area contributed by atoms with Crippen LogP contribution in [0.2, 0.25) is 0 Å². The molecule has 0 N–H and O–H groups in total. The summed E-state index contributed by atoms with van der Waals surface area (Å²) in [5.41, 5.74) is 2.02. The lowest BCUT2D eigenvalue weighted by atomic mass is 10.0. The number of aromatic nitrogens is 2. The van der Waals surface area contributed by atoms with E-state index in [1.54, 1.807) is 29.9 Å². The van der Waals surface area contributed by atoms with Gasteiger partial charge in [0.15, 0.2) is 0 Å². The van der Waals surface area contributed by atoms with Crippen LogP contribution in [0.25, 0.3) is 10.9 Å². The molecule has 0 saturated carbocycles. The van der Waals surface area contributed by atoms with Crippen molar-refractivity contribution in [3.8, 4) is 0 Å². The lowest BCUT2D eigenvalue weighted by molar-refractivity contribution is -0.137. The van der Waals surface area contributed by atoms with Gasteiger partial charge in [0.25, 0.3) is 5.78 Å². The number of hydrogen-bond donors (Lipinski definition) is 0. The molecule has 0 aliphatic heterocycles. The number of Topliss-reactive ketones (excluding diaryl/α,β-unsaturated/α-hetero) is 1. The molecule has 5 nitrogen and oxygen atoms in total. The van der Waals surface area contributed by atoms with E-state index in [-0.39, 0.29) is 6.61 Å². The van der Waals surface area contributed by atoms with E-state index in [2.05, 4.69) is 21.0 Å². The molecule has 2 aromatic rings. The summed E-state index contributed by atoms with van der Waals surface area (Å²) in [6, 6.07) is 3.42. The number of rotatable bonds is 4. The maximum Gasteiger partial charge on any atom is 0.379 e. The first-order valence-corrected chi connectivity index (χ1v) is 6.93. The highest BCUT2D eigenvalue weighted by atomic mass is 79.9. The van der Waals surface area contributed by atoms with Gasteiger partial charge in [0.05, 0.1) is 18.3 Å². The van der Waals surface area contributed by atoms with Crippen LogP contribution in [0.15, 0.2) is 18.3 Å². The molecule has 1 heterocycles. The van der Waals surface area contributed by atoms with Gasteiger partial charge in [0.2, 0.25) is 0 Å². The first-order valence-electron chi connectivity index (χ1n) is 5.81. The monoisotopic (exact) mass is 324 g/mol. The Bertz CT molecular complexity index is 649. The van der Waals surface area contributed by atoms with Crippen LogP contribution in [0.3, 0.4) is 0 Å². The van der Waals surface area contributed by atoms with Crippen LogP contribution in [0.4, 0.5) is 0 Å². The molecule has 0 unspecified atom stereocenters. The Morgan fingerprint density at radius 2 is 2.16 bits per heavy atom. The summed E-state index contributed by atoms with van der Waals surface area (Å²) in [6.45, 7) is 1.85. The van der Waals surface area contributed by atoms with Gasteiger partial charge in [-0.05, 0) is 24.6 Å². The summed E-state index contributed by atoms with van der Waals surface area (Å²) in [5.74, 6) is -1.45. The van der Waals surface area contributed by atoms with Crippen molar-refractivity contribution in [2.45, 2.75) is 12.3 Å². The molecule has 0 radical (unpaired) electrons. The van der Waals surface area contributed by atoms with Crippen molar-refractivity contribution in [2.75, 3.05) is 6.61 Å². The number of aryl methyl sites for hydroxylation is 1. The van der Waals surface area contributed by atoms with E-state index in [1.807, 2.05) is 7.05 Å². The highest BCUT2D eigenvalue weighted by molar-refractivity contribution is 9.08. The number of esters is 1. The molecule has 100 valence electrons. The van der Waals surface area contributed by atoms with Crippen LogP contribution >= 0.6 is 15.9 Å². The summed E-state index contributed by atoms with van der Waals surface area (Å²) >= 11 is 3.35. The molecule has 19 heavy (non-hydrogen) atoms. The molecule has 0 atom stereocenters. The van der Waals surface area contributed by atoms with E-state index in [1.165, 1.54) is 0 Å². The molecule has 0 saturated heterocycles. The topological polar surface area (TPSA) is 61.2 Å². The fourth-order valence-electron chi connectivity index (χ4n) is 1.95. The normalized spacial score (nSPS) is 10.7. The third-order valence-corrected chi connectivity index (χ3v) is 3.44. The van der Waals surface area contributed by atoms with E-state index in [4.69, 9.17) is 4.74 Å². The number of nitrogens with zero attached hydrogens (tertiary/aromatic N) is 2. The van der Waals surface area contributed by atoms with E-state index in [0.29, 0.717) is 10.9 Å². The number of carbonyl (C=O) groups is 2. The minimum atomic E-state index is -0.826. The number of hydrogen-bond acceptors (Lipinski definition) is 4. The van der Waals surface area contributed by atoms with Crippen LogP contribution in [-0.2, 0) is 21.9 Å². The van der Waals surface area contributed by atoms with Gasteiger partial charge in [-0.15, -0.1) is 0 Å². The van der Waals surface area contributed by atoms with Crippen molar-refractivity contribution in [1.82, 2.24) is 9.78 Å². The predicted molar refractivity (Wildman–Crippen MR) is 74.3 cm³/mol. The van der Waals surface area contributed by atoms with Gasteiger partial charge in [-0.25, -0.2) is 4.79 Å². The number of carbonyl (C=O) groups excluding carboxylic acids is 2. The maximum atomic E-state index is 12.0. The van der Waals surface area contributed by atoms with Crippen LogP contribution in [-0.4, -0.2) is 28.1 Å². The SMILES string of the molecule is CCOC(=O)C(=O)c1ccc2c(cnn2C)c1CBr. The summed E-state index contributed by atoms with van der Waals surface area (Å²) in [6.07, 6.45) is 1.69. The van der Waals surface area contributed by atoms with Gasteiger partial charge in [-0.1, -0.05) is 15.9 Å². The Morgan fingerprint density at radius 3 is 2.79 bits per heavy atom. The van der Waals surface area contributed by atoms with Crippen molar-refractivity contribution in [3.63, 3.8) is 0 Å². The van der Waals surface area contributed by atoms with E-state index in [0.717, 1.165) is 16.5 Å². The van der Waals surface area contributed by atoms with Gasteiger partial charge >= 0.3 is 5.97 Å². The second-order valence-electron chi connectivity index (χ2n) is 3.98. The van der Waals surface area contributed by atoms with Crippen molar-refractivity contribution >= 4 is 38.6 Å². The standard InChI is InChI=1S/C13H13BrN2O3/c1-3-19-13(18)12(17)8-4-5-11-10(9(8)6-14)7-15-16(11)2/h4-5,7H,3,6H2,1-2H3. The molecule has 6 heteroatoms. The van der Waals surface area contributed by atoms with Crippen LogP contribution in [0.5, 0.6) is 0 Å². The summed E-state index contributed by atoms with van der Waals surface area (Å²) < 4.78 is 6.47. The number of ketones is 1. The third kappa shape index (κ3) is 2.40. The minimum absolute atomic E-state index is 0.184. The average Bonchev–Trinajstić information content (AvgIpc) is 2.79. The Balaban J connectivity index is 2.55. The van der Waals surface area contributed by atoms with Gasteiger partial charge in [0.1, 0.15) is 0 Å². The van der Waals surface area contributed by atoms with Crippen LogP contribution in [0.1, 0.15) is 22.8 Å². The number of halogens is 1. The molecule has 0 spiro atoms. The largest absolute Gasteiger partial charge is 0.460 e. The number of ether oxygens (including phenoxy) is 1. The smallest absolute Gasteiger partial charge is 0.379 e. The first-order chi connectivity index (χ1) is 9.10. The highest BCUT2D eigenvalue weighted by Crippen LogP contribution is 2.25. The van der Waals surface area contributed by atoms with E-state index < -0.39 is 11.8 Å². The lowest BCUT2D eigenvalue weighted by Crippen LogP contribution is -2.19. The second-order valence-corrected chi connectivity index (χ2v) is 4.54. The summed E-state index contributed by atoms with van der Waals surface area (Å²) in [5, 5.41) is 5.48. The molecule has 0 bridgehead atoms. The quantitative estimate of drug-likeness (QED) is 0.374. The molecule has 2 rings (SSSR count). The fourth-order valence-corrected chi connectivity index (χ4v) is 2.55. The number of benzene rings is 1. The molecule has 0 amide bonds. The Hall–Kier alpha value is -1.69. The van der Waals surface area contributed by atoms with Gasteiger partial charge < -0.3 is 4.74 Å². The fraction of sp³-hybridized carbons (Fsp3) is 0.308. The highest BCUT2D eigenvalue weighted by Gasteiger charge is 2.22. The van der Waals surface area contributed by atoms with Gasteiger partial charge in [0, 0.05) is 23.3 Å². The Kier molecular flexibility index (Phi) is 3.99. The van der Waals surface area contributed by atoms with Gasteiger partial charge in [-0.3, -0.25) is 9.48 Å². The van der Waals surface area contributed by atoms with E-state index in [9.17, 15) is 9.59 Å². The van der Waals surface area contributed by atoms with Crippen LogP contribution in [0, 0.1) is 0 Å². The Labute approximate surface area is 118 Å². The number of alkyl halides is 1. The maximum absolute atomic E-state index is 12.0. The van der Waals surface area contributed by atoms with E-state index >= 15 is 0 Å². The zero-order chi connectivity index (χ0) is 14.0. The summed E-state index contributed by atoms with van der Waals surface area (Å²) in [7, 11) is 1.83. The molecule has 0 aliphatic rings.